The summed E-state index contributed by atoms with van der Waals surface area (Å²) in [6.07, 6.45) is 3.38. The fourth-order valence-electron chi connectivity index (χ4n) is 2.20. The molecule has 0 saturated heterocycles. The van der Waals surface area contributed by atoms with Crippen LogP contribution >= 0.6 is 0 Å². The van der Waals surface area contributed by atoms with E-state index < -0.39 is 0 Å². The third-order valence-corrected chi connectivity index (χ3v) is 3.05. The second kappa shape index (κ2) is 3.76. The van der Waals surface area contributed by atoms with Gasteiger partial charge in [0.2, 0.25) is 0 Å². The molecule has 3 nitrogen and oxygen atoms in total. The summed E-state index contributed by atoms with van der Waals surface area (Å²) in [5.74, 6) is 0. The fraction of sp³-hybridized carbons (Fsp3) is 0.308. The van der Waals surface area contributed by atoms with Crippen molar-refractivity contribution in [3.63, 3.8) is 0 Å². The van der Waals surface area contributed by atoms with Gasteiger partial charge < -0.3 is 5.32 Å². The molecule has 2 aromatic rings. The van der Waals surface area contributed by atoms with E-state index in [1.165, 1.54) is 16.5 Å². The Kier molecular flexibility index (Phi) is 2.26. The molecule has 1 aliphatic heterocycles. The molecule has 16 heavy (non-hydrogen) atoms. The lowest BCUT2D eigenvalue weighted by molar-refractivity contribution is 0.737. The van der Waals surface area contributed by atoms with Gasteiger partial charge in [-0.2, -0.15) is 5.10 Å². The summed E-state index contributed by atoms with van der Waals surface area (Å²) in [6.45, 7) is 4.10. The highest BCUT2D eigenvalue weighted by Gasteiger charge is 2.12. The second-order valence-corrected chi connectivity index (χ2v) is 4.32. The highest BCUT2D eigenvalue weighted by molar-refractivity contribution is 5.91. The number of benzene rings is 1. The average Bonchev–Trinajstić information content (AvgIpc) is 2.73. The van der Waals surface area contributed by atoms with Crippen molar-refractivity contribution < 1.29 is 0 Å². The number of aromatic nitrogens is 2. The smallest absolute Gasteiger partial charge is 0.0968 e. The summed E-state index contributed by atoms with van der Waals surface area (Å²) in [7, 11) is 0. The molecule has 0 atom stereocenters. The molecule has 2 N–H and O–H groups in total. The van der Waals surface area contributed by atoms with Crippen molar-refractivity contribution in [3.8, 4) is 0 Å². The third kappa shape index (κ3) is 1.53. The first-order valence-electron chi connectivity index (χ1n) is 5.69. The Morgan fingerprint density at radius 3 is 3.06 bits per heavy atom. The standard InChI is InChI=1S/C13H15N3/c1-9-4-5-11-12(7-9)15-16-13(11)10-3-2-6-14-8-10/h3-5,7,14H,2,6,8H2,1H3,(H,15,16). The Bertz CT molecular complexity index is 551. The predicted octanol–water partition coefficient (Wildman–Crippen LogP) is 2.25. The van der Waals surface area contributed by atoms with Crippen molar-refractivity contribution >= 4 is 16.5 Å². The molecule has 1 aromatic heterocycles. The molecule has 0 amide bonds. The molecule has 1 aliphatic rings. The monoisotopic (exact) mass is 213 g/mol. The van der Waals surface area contributed by atoms with E-state index in [1.807, 2.05) is 0 Å². The number of fused-ring (bicyclic) bond motifs is 1. The normalized spacial score (nSPS) is 16.4. The largest absolute Gasteiger partial charge is 0.312 e. The molecule has 0 unspecified atom stereocenters. The highest BCUT2D eigenvalue weighted by Crippen LogP contribution is 2.24. The van der Waals surface area contributed by atoms with Gasteiger partial charge in [0.1, 0.15) is 0 Å². The van der Waals surface area contributed by atoms with Crippen molar-refractivity contribution in [2.24, 2.45) is 0 Å². The molecular weight excluding hydrogens is 198 g/mol. The Morgan fingerprint density at radius 2 is 2.25 bits per heavy atom. The molecule has 3 heteroatoms. The van der Waals surface area contributed by atoms with Crippen molar-refractivity contribution in [1.29, 1.82) is 0 Å². The number of rotatable bonds is 1. The van der Waals surface area contributed by atoms with Gasteiger partial charge in [-0.25, -0.2) is 0 Å². The molecule has 0 fully saturated rings. The van der Waals surface area contributed by atoms with E-state index >= 15 is 0 Å². The lowest BCUT2D eigenvalue weighted by atomic mass is 10.0. The molecule has 0 aliphatic carbocycles. The Balaban J connectivity index is 2.13. The van der Waals surface area contributed by atoms with E-state index in [0.29, 0.717) is 0 Å². The van der Waals surface area contributed by atoms with E-state index in [2.05, 4.69) is 46.7 Å². The van der Waals surface area contributed by atoms with E-state index in [4.69, 9.17) is 0 Å². The van der Waals surface area contributed by atoms with Crippen LogP contribution in [0.3, 0.4) is 0 Å². The van der Waals surface area contributed by atoms with Gasteiger partial charge in [-0.05, 0) is 37.1 Å². The van der Waals surface area contributed by atoms with Crippen LogP contribution in [-0.4, -0.2) is 23.3 Å². The first-order chi connectivity index (χ1) is 7.84. The van der Waals surface area contributed by atoms with Gasteiger partial charge in [0.05, 0.1) is 11.2 Å². The van der Waals surface area contributed by atoms with Gasteiger partial charge >= 0.3 is 0 Å². The number of H-pyrrole nitrogens is 1. The summed E-state index contributed by atoms with van der Waals surface area (Å²) >= 11 is 0. The van der Waals surface area contributed by atoms with Crippen molar-refractivity contribution in [2.75, 3.05) is 13.1 Å². The van der Waals surface area contributed by atoms with E-state index in [0.717, 1.165) is 30.7 Å². The van der Waals surface area contributed by atoms with Crippen LogP contribution in [0.25, 0.3) is 16.5 Å². The minimum Gasteiger partial charge on any atom is -0.312 e. The number of aryl methyl sites for hydroxylation is 1. The second-order valence-electron chi connectivity index (χ2n) is 4.32. The number of nitrogens with zero attached hydrogens (tertiary/aromatic N) is 1. The van der Waals surface area contributed by atoms with Crippen LogP contribution in [0.4, 0.5) is 0 Å². The minimum atomic E-state index is 0.924. The minimum absolute atomic E-state index is 0.924. The van der Waals surface area contributed by atoms with Crippen LogP contribution in [0.2, 0.25) is 0 Å². The van der Waals surface area contributed by atoms with Gasteiger partial charge in [-0.1, -0.05) is 18.2 Å². The third-order valence-electron chi connectivity index (χ3n) is 3.05. The summed E-state index contributed by atoms with van der Waals surface area (Å²) in [5.41, 5.74) is 4.79. The van der Waals surface area contributed by atoms with Gasteiger partial charge in [0.25, 0.3) is 0 Å². The summed E-state index contributed by atoms with van der Waals surface area (Å²) in [4.78, 5) is 0. The van der Waals surface area contributed by atoms with Gasteiger partial charge in [0, 0.05) is 11.9 Å². The maximum Gasteiger partial charge on any atom is 0.0968 e. The lowest BCUT2D eigenvalue weighted by Crippen LogP contribution is -2.21. The summed E-state index contributed by atoms with van der Waals surface area (Å²) < 4.78 is 0. The van der Waals surface area contributed by atoms with Crippen LogP contribution < -0.4 is 5.32 Å². The Morgan fingerprint density at radius 1 is 1.31 bits per heavy atom. The zero-order chi connectivity index (χ0) is 11.0. The molecule has 0 saturated carbocycles. The quantitative estimate of drug-likeness (QED) is 0.762. The van der Waals surface area contributed by atoms with Crippen LogP contribution in [0.5, 0.6) is 0 Å². The predicted molar refractivity (Wildman–Crippen MR) is 66.3 cm³/mol. The van der Waals surface area contributed by atoms with Crippen molar-refractivity contribution in [2.45, 2.75) is 13.3 Å². The topological polar surface area (TPSA) is 40.7 Å². The van der Waals surface area contributed by atoms with Crippen molar-refractivity contribution in [1.82, 2.24) is 15.5 Å². The van der Waals surface area contributed by atoms with Crippen LogP contribution in [0, 0.1) is 6.92 Å². The maximum atomic E-state index is 4.43. The number of hydrogen-bond acceptors (Lipinski definition) is 2. The van der Waals surface area contributed by atoms with Gasteiger partial charge in [-0.3, -0.25) is 5.10 Å². The number of aromatic amines is 1. The van der Waals surface area contributed by atoms with Gasteiger partial charge in [-0.15, -0.1) is 0 Å². The SMILES string of the molecule is Cc1ccc2c(C3=CCCNC3)n[nH]c2c1. The molecule has 0 radical (unpaired) electrons. The molecule has 2 heterocycles. The van der Waals surface area contributed by atoms with Crippen LogP contribution in [0.1, 0.15) is 17.7 Å². The Labute approximate surface area is 94.6 Å². The molecular formula is C13H15N3. The maximum absolute atomic E-state index is 4.43. The number of nitrogens with one attached hydrogen (secondary N) is 2. The van der Waals surface area contributed by atoms with E-state index in [1.54, 1.807) is 0 Å². The van der Waals surface area contributed by atoms with E-state index in [9.17, 15) is 0 Å². The molecule has 1 aromatic carbocycles. The fourth-order valence-corrected chi connectivity index (χ4v) is 2.20. The van der Waals surface area contributed by atoms with Crippen LogP contribution in [-0.2, 0) is 0 Å². The molecule has 0 spiro atoms. The zero-order valence-electron chi connectivity index (χ0n) is 9.38. The molecule has 3 rings (SSSR count). The number of hydrogen-bond donors (Lipinski definition) is 2. The lowest BCUT2D eigenvalue weighted by Gasteiger charge is -2.12. The average molecular weight is 213 g/mol. The molecule has 82 valence electrons. The highest BCUT2D eigenvalue weighted by atomic mass is 15.1. The zero-order valence-corrected chi connectivity index (χ0v) is 9.38. The molecule has 0 bridgehead atoms. The summed E-state index contributed by atoms with van der Waals surface area (Å²) in [5, 5.41) is 12.1. The first-order valence-corrected chi connectivity index (χ1v) is 5.69. The van der Waals surface area contributed by atoms with Crippen LogP contribution in [0.15, 0.2) is 24.3 Å². The first kappa shape index (κ1) is 9.60. The van der Waals surface area contributed by atoms with E-state index in [-0.39, 0.29) is 0 Å². The van der Waals surface area contributed by atoms with Crippen molar-refractivity contribution in [3.05, 3.63) is 35.5 Å². The van der Waals surface area contributed by atoms with Gasteiger partial charge in [0.15, 0.2) is 0 Å². The summed E-state index contributed by atoms with van der Waals surface area (Å²) in [6, 6.07) is 6.43. The Hall–Kier alpha value is -1.61.